The van der Waals surface area contributed by atoms with Crippen molar-refractivity contribution < 1.29 is 19.0 Å². The number of benzene rings is 1. The van der Waals surface area contributed by atoms with Crippen LogP contribution in [0.4, 0.5) is 16.3 Å². The predicted octanol–water partition coefficient (Wildman–Crippen LogP) is 4.83. The fourth-order valence-corrected chi connectivity index (χ4v) is 5.48. The van der Waals surface area contributed by atoms with Crippen molar-refractivity contribution in [3.63, 3.8) is 0 Å². The number of nitrogens with zero attached hydrogens (tertiary/aromatic N) is 4. The maximum Gasteiger partial charge on any atom is 0.410 e. The summed E-state index contributed by atoms with van der Waals surface area (Å²) in [6.07, 6.45) is 3.32. The Balaban J connectivity index is 1.10. The number of carbonyl (C=O) groups is 1. The molecule has 5 heterocycles. The number of thiophene rings is 1. The first kappa shape index (κ1) is 26.3. The Morgan fingerprint density at radius 1 is 1.18 bits per heavy atom. The molecule has 0 saturated carbocycles. The first-order valence-electron chi connectivity index (χ1n) is 12.8. The molecule has 2 fully saturated rings. The van der Waals surface area contributed by atoms with Crippen LogP contribution in [0.3, 0.4) is 0 Å². The van der Waals surface area contributed by atoms with Crippen molar-refractivity contribution in [1.82, 2.24) is 25.2 Å². The lowest BCUT2D eigenvalue weighted by molar-refractivity contribution is 0.0156. The zero-order chi connectivity index (χ0) is 27.3. The lowest BCUT2D eigenvalue weighted by atomic mass is 10.2. The fraction of sp³-hybridized carbons (Fsp3) is 0.286. The van der Waals surface area contributed by atoms with E-state index in [1.165, 1.54) is 17.7 Å². The third kappa shape index (κ3) is 6.26. The van der Waals surface area contributed by atoms with Gasteiger partial charge in [-0.25, -0.2) is 19.7 Å². The van der Waals surface area contributed by atoms with Crippen molar-refractivity contribution in [2.24, 2.45) is 0 Å². The van der Waals surface area contributed by atoms with Crippen LogP contribution in [0.25, 0.3) is 10.2 Å². The standard InChI is InChI=1S/C28H25ClN6O4S/c29-22-14-19(5-7-24(22)39-25-3-1-2-8-30-25)34-27-26-23(32-17-33-27)15-21(40-26)6-4-18-13-20(16-31-18)38-28(36)35-9-11-37-12-10-35/h1-3,5,7-8,14-15,17-18,20,31H,9-13,16H2,(H,32,33,34)/t18-,20+/m0/s1. The number of nitrogens with one attached hydrogen (secondary N) is 2. The molecular formula is C28H25ClN6O4S. The van der Waals surface area contributed by atoms with Gasteiger partial charge in [0.2, 0.25) is 5.88 Å². The summed E-state index contributed by atoms with van der Waals surface area (Å²) in [7, 11) is 0. The molecule has 2 aliphatic heterocycles. The van der Waals surface area contributed by atoms with E-state index in [2.05, 4.69) is 37.4 Å². The Labute approximate surface area is 239 Å². The van der Waals surface area contributed by atoms with Gasteiger partial charge in [-0.15, -0.1) is 11.3 Å². The van der Waals surface area contributed by atoms with Crippen LogP contribution in [-0.4, -0.2) is 70.9 Å². The van der Waals surface area contributed by atoms with Crippen LogP contribution in [0.2, 0.25) is 5.02 Å². The zero-order valence-electron chi connectivity index (χ0n) is 21.3. The summed E-state index contributed by atoms with van der Waals surface area (Å²) in [5.41, 5.74) is 1.55. The molecule has 4 aromatic rings. The molecule has 2 atom stereocenters. The number of fused-ring (bicyclic) bond motifs is 1. The van der Waals surface area contributed by atoms with E-state index in [-0.39, 0.29) is 18.2 Å². The zero-order valence-corrected chi connectivity index (χ0v) is 22.9. The second kappa shape index (κ2) is 12.1. The van der Waals surface area contributed by atoms with Gasteiger partial charge in [0.25, 0.3) is 0 Å². The number of ether oxygens (including phenoxy) is 3. The van der Waals surface area contributed by atoms with Gasteiger partial charge in [-0.05, 0) is 30.3 Å². The molecule has 6 rings (SSSR count). The first-order valence-corrected chi connectivity index (χ1v) is 14.0. The average molecular weight is 577 g/mol. The number of halogens is 1. The largest absolute Gasteiger partial charge is 0.445 e. The summed E-state index contributed by atoms with van der Waals surface area (Å²) in [5.74, 6) is 8.14. The minimum Gasteiger partial charge on any atom is -0.445 e. The molecule has 1 aromatic carbocycles. The van der Waals surface area contributed by atoms with Gasteiger partial charge in [0.15, 0.2) is 5.82 Å². The molecule has 0 radical (unpaired) electrons. The average Bonchev–Trinajstić information content (AvgIpc) is 3.61. The van der Waals surface area contributed by atoms with Crippen molar-refractivity contribution in [1.29, 1.82) is 0 Å². The molecule has 40 heavy (non-hydrogen) atoms. The van der Waals surface area contributed by atoms with Gasteiger partial charge in [0.05, 0.1) is 39.4 Å². The topological polar surface area (TPSA) is 111 Å². The number of hydrogen-bond donors (Lipinski definition) is 2. The molecule has 10 nitrogen and oxygen atoms in total. The van der Waals surface area contributed by atoms with Gasteiger partial charge in [-0.1, -0.05) is 29.5 Å². The molecule has 0 bridgehead atoms. The maximum absolute atomic E-state index is 12.4. The van der Waals surface area contributed by atoms with Gasteiger partial charge in [0, 0.05) is 44.0 Å². The molecule has 2 saturated heterocycles. The highest BCUT2D eigenvalue weighted by Crippen LogP contribution is 2.34. The molecule has 1 amide bonds. The fourth-order valence-electron chi connectivity index (χ4n) is 4.35. The molecule has 2 aliphatic rings. The third-order valence-corrected chi connectivity index (χ3v) is 7.70. The summed E-state index contributed by atoms with van der Waals surface area (Å²) in [4.78, 5) is 27.9. The highest BCUT2D eigenvalue weighted by molar-refractivity contribution is 7.20. The van der Waals surface area contributed by atoms with Crippen molar-refractivity contribution in [3.05, 3.63) is 64.9 Å². The lowest BCUT2D eigenvalue weighted by Crippen LogP contribution is -2.42. The second-order valence-corrected chi connectivity index (χ2v) is 10.6. The predicted molar refractivity (Wildman–Crippen MR) is 152 cm³/mol. The van der Waals surface area contributed by atoms with E-state index < -0.39 is 0 Å². The first-order chi connectivity index (χ1) is 19.6. The van der Waals surface area contributed by atoms with E-state index >= 15 is 0 Å². The highest BCUT2D eigenvalue weighted by atomic mass is 35.5. The molecule has 0 spiro atoms. The van der Waals surface area contributed by atoms with Gasteiger partial charge >= 0.3 is 6.09 Å². The number of carbonyl (C=O) groups excluding carboxylic acids is 1. The van der Waals surface area contributed by atoms with Crippen LogP contribution in [0, 0.1) is 11.8 Å². The van der Waals surface area contributed by atoms with Crippen LogP contribution >= 0.6 is 22.9 Å². The Morgan fingerprint density at radius 3 is 2.90 bits per heavy atom. The smallest absolute Gasteiger partial charge is 0.410 e. The minimum absolute atomic E-state index is 0.0645. The SMILES string of the molecule is O=C(O[C@H]1CN[C@@H](C#Cc2cc3ncnc(Nc4ccc(Oc5ccccn5)c(Cl)c4)c3s2)C1)N1CCOCC1. The van der Waals surface area contributed by atoms with Crippen LogP contribution in [0.1, 0.15) is 11.3 Å². The summed E-state index contributed by atoms with van der Waals surface area (Å²) >= 11 is 7.97. The van der Waals surface area contributed by atoms with E-state index in [0.29, 0.717) is 61.7 Å². The van der Waals surface area contributed by atoms with E-state index in [9.17, 15) is 4.79 Å². The Hall–Kier alpha value is -3.95. The molecule has 0 unspecified atom stereocenters. The monoisotopic (exact) mass is 576 g/mol. The quantitative estimate of drug-likeness (QED) is 0.323. The Morgan fingerprint density at radius 2 is 2.08 bits per heavy atom. The van der Waals surface area contributed by atoms with Crippen molar-refractivity contribution in [2.45, 2.75) is 18.6 Å². The number of rotatable bonds is 5. The number of amides is 1. The second-order valence-electron chi connectivity index (χ2n) is 9.16. The summed E-state index contributed by atoms with van der Waals surface area (Å²) in [5, 5.41) is 7.10. The molecular weight excluding hydrogens is 552 g/mol. The minimum atomic E-state index is -0.288. The van der Waals surface area contributed by atoms with Crippen LogP contribution in [0.5, 0.6) is 11.6 Å². The Kier molecular flexibility index (Phi) is 7.92. The summed E-state index contributed by atoms with van der Waals surface area (Å²) in [6, 6.07) is 12.7. The molecule has 204 valence electrons. The third-order valence-electron chi connectivity index (χ3n) is 6.35. The maximum atomic E-state index is 12.4. The number of anilines is 2. The molecule has 0 aliphatic carbocycles. The van der Waals surface area contributed by atoms with E-state index in [1.54, 1.807) is 29.3 Å². The lowest BCUT2D eigenvalue weighted by Gasteiger charge is -2.27. The summed E-state index contributed by atoms with van der Waals surface area (Å²) < 4.78 is 17.6. The normalized spacial score (nSPS) is 18.7. The van der Waals surface area contributed by atoms with Gasteiger partial charge in [-0.2, -0.15) is 0 Å². The van der Waals surface area contributed by atoms with Crippen molar-refractivity contribution >= 4 is 50.8 Å². The van der Waals surface area contributed by atoms with Gasteiger partial charge in [0.1, 0.15) is 18.2 Å². The van der Waals surface area contributed by atoms with Crippen LogP contribution < -0.4 is 15.4 Å². The number of pyridine rings is 1. The number of aromatic nitrogens is 3. The molecule has 2 N–H and O–H groups in total. The van der Waals surface area contributed by atoms with Crippen molar-refractivity contribution in [3.8, 4) is 23.5 Å². The summed E-state index contributed by atoms with van der Waals surface area (Å²) in [6.45, 7) is 2.80. The van der Waals surface area contributed by atoms with E-state index in [4.69, 9.17) is 25.8 Å². The highest BCUT2D eigenvalue weighted by Gasteiger charge is 2.28. The number of morpholine rings is 1. The van der Waals surface area contributed by atoms with Crippen LogP contribution in [0.15, 0.2) is 55.0 Å². The van der Waals surface area contributed by atoms with Crippen molar-refractivity contribution in [2.75, 3.05) is 38.2 Å². The number of hydrogen-bond acceptors (Lipinski definition) is 10. The van der Waals surface area contributed by atoms with Gasteiger partial charge in [-0.3, -0.25) is 5.32 Å². The van der Waals surface area contributed by atoms with E-state index in [1.807, 2.05) is 24.3 Å². The molecule has 12 heteroatoms. The van der Waals surface area contributed by atoms with Crippen LogP contribution in [-0.2, 0) is 9.47 Å². The van der Waals surface area contributed by atoms with E-state index in [0.717, 1.165) is 20.8 Å². The van der Waals surface area contributed by atoms with Gasteiger partial charge < -0.3 is 24.4 Å². The Bertz CT molecular complexity index is 1570. The molecule has 3 aromatic heterocycles.